The molecule has 1 aliphatic rings. The SMILES string of the molecule is Cc1ccc(OCC2CN(c3ccc(C(N)=O)cc3)CC(=O)O2)cc1. The average Bonchev–Trinajstić information content (AvgIpc) is 2.61. The monoisotopic (exact) mass is 340 g/mol. The number of carbonyl (C=O) groups excluding carboxylic acids is 2. The van der Waals surface area contributed by atoms with Crippen LogP contribution in [0.25, 0.3) is 0 Å². The first-order valence-electron chi connectivity index (χ1n) is 8.05. The molecular weight excluding hydrogens is 320 g/mol. The van der Waals surface area contributed by atoms with Crippen molar-refractivity contribution in [2.24, 2.45) is 5.73 Å². The summed E-state index contributed by atoms with van der Waals surface area (Å²) in [5.41, 5.74) is 7.67. The maximum absolute atomic E-state index is 11.9. The number of morpholine rings is 1. The van der Waals surface area contributed by atoms with Gasteiger partial charge in [0.2, 0.25) is 5.91 Å². The number of carbonyl (C=O) groups is 2. The van der Waals surface area contributed by atoms with Crippen molar-refractivity contribution >= 4 is 17.6 Å². The van der Waals surface area contributed by atoms with Gasteiger partial charge in [0.1, 0.15) is 18.9 Å². The summed E-state index contributed by atoms with van der Waals surface area (Å²) in [7, 11) is 0. The molecule has 0 bridgehead atoms. The normalized spacial score (nSPS) is 17.1. The lowest BCUT2D eigenvalue weighted by molar-refractivity contribution is -0.151. The lowest BCUT2D eigenvalue weighted by atomic mass is 10.1. The second-order valence-electron chi connectivity index (χ2n) is 6.03. The van der Waals surface area contributed by atoms with Crippen molar-refractivity contribution < 1.29 is 19.1 Å². The first-order valence-corrected chi connectivity index (χ1v) is 8.05. The molecule has 1 unspecified atom stereocenters. The van der Waals surface area contributed by atoms with Crippen molar-refractivity contribution in [3.05, 3.63) is 59.7 Å². The highest BCUT2D eigenvalue weighted by Crippen LogP contribution is 2.20. The number of hydrogen-bond donors (Lipinski definition) is 1. The lowest BCUT2D eigenvalue weighted by Crippen LogP contribution is -2.47. The Morgan fingerprint density at radius 3 is 2.52 bits per heavy atom. The van der Waals surface area contributed by atoms with Crippen LogP contribution in [0.4, 0.5) is 5.69 Å². The number of nitrogens with two attached hydrogens (primary N) is 1. The number of primary amides is 1. The zero-order valence-electron chi connectivity index (χ0n) is 14.0. The zero-order chi connectivity index (χ0) is 17.8. The molecule has 1 amide bonds. The van der Waals surface area contributed by atoms with Crippen LogP contribution in [0.3, 0.4) is 0 Å². The summed E-state index contributed by atoms with van der Waals surface area (Å²) in [5.74, 6) is -0.0405. The number of hydrogen-bond acceptors (Lipinski definition) is 5. The fraction of sp³-hybridized carbons (Fsp3) is 0.263. The highest BCUT2D eigenvalue weighted by Gasteiger charge is 2.27. The van der Waals surface area contributed by atoms with Gasteiger partial charge in [-0.3, -0.25) is 9.59 Å². The van der Waals surface area contributed by atoms with Crippen molar-refractivity contribution in [2.75, 3.05) is 24.6 Å². The molecule has 2 aromatic carbocycles. The van der Waals surface area contributed by atoms with Crippen LogP contribution in [0, 0.1) is 6.92 Å². The lowest BCUT2D eigenvalue weighted by Gasteiger charge is -2.33. The van der Waals surface area contributed by atoms with Crippen LogP contribution < -0.4 is 15.4 Å². The molecule has 0 saturated carbocycles. The van der Waals surface area contributed by atoms with Crippen LogP contribution in [0.1, 0.15) is 15.9 Å². The smallest absolute Gasteiger partial charge is 0.326 e. The molecule has 0 spiro atoms. The molecule has 6 heteroatoms. The van der Waals surface area contributed by atoms with Gasteiger partial charge < -0.3 is 20.1 Å². The van der Waals surface area contributed by atoms with Crippen LogP contribution in [-0.4, -0.2) is 37.7 Å². The molecule has 0 radical (unpaired) electrons. The van der Waals surface area contributed by atoms with Crippen LogP contribution >= 0.6 is 0 Å². The number of amides is 1. The van der Waals surface area contributed by atoms with E-state index in [1.165, 1.54) is 0 Å². The van der Waals surface area contributed by atoms with Gasteiger partial charge in [-0.1, -0.05) is 17.7 Å². The Hall–Kier alpha value is -3.02. The minimum Gasteiger partial charge on any atom is -0.490 e. The fourth-order valence-electron chi connectivity index (χ4n) is 2.67. The van der Waals surface area contributed by atoms with E-state index in [-0.39, 0.29) is 25.2 Å². The summed E-state index contributed by atoms with van der Waals surface area (Å²) < 4.78 is 11.1. The Morgan fingerprint density at radius 1 is 1.20 bits per heavy atom. The highest BCUT2D eigenvalue weighted by molar-refractivity contribution is 5.93. The second kappa shape index (κ2) is 7.25. The van der Waals surface area contributed by atoms with Crippen molar-refractivity contribution in [1.82, 2.24) is 0 Å². The van der Waals surface area contributed by atoms with E-state index in [0.717, 1.165) is 17.0 Å². The molecule has 1 saturated heterocycles. The second-order valence-corrected chi connectivity index (χ2v) is 6.03. The van der Waals surface area contributed by atoms with E-state index in [0.29, 0.717) is 12.1 Å². The molecule has 0 aromatic heterocycles. The number of benzene rings is 2. The Morgan fingerprint density at radius 2 is 1.88 bits per heavy atom. The number of esters is 1. The van der Waals surface area contributed by atoms with Crippen LogP contribution in [0.2, 0.25) is 0 Å². The molecule has 1 heterocycles. The molecule has 25 heavy (non-hydrogen) atoms. The van der Waals surface area contributed by atoms with Gasteiger partial charge in [-0.2, -0.15) is 0 Å². The molecule has 130 valence electrons. The fourth-order valence-corrected chi connectivity index (χ4v) is 2.67. The topological polar surface area (TPSA) is 81.9 Å². The quantitative estimate of drug-likeness (QED) is 0.841. The zero-order valence-corrected chi connectivity index (χ0v) is 14.0. The number of ether oxygens (including phenoxy) is 2. The van der Waals surface area contributed by atoms with Gasteiger partial charge in [-0.25, -0.2) is 0 Å². The summed E-state index contributed by atoms with van der Waals surface area (Å²) >= 11 is 0. The third kappa shape index (κ3) is 4.29. The Labute approximate surface area is 146 Å². The number of anilines is 1. The molecule has 0 aliphatic carbocycles. The largest absolute Gasteiger partial charge is 0.490 e. The predicted octanol–water partition coefficient (Wildman–Crippen LogP) is 1.90. The van der Waals surface area contributed by atoms with E-state index >= 15 is 0 Å². The van der Waals surface area contributed by atoms with Crippen LogP contribution in [0.15, 0.2) is 48.5 Å². The molecule has 1 fully saturated rings. The van der Waals surface area contributed by atoms with Gasteiger partial charge in [0.05, 0.1) is 6.54 Å². The summed E-state index contributed by atoms with van der Waals surface area (Å²) in [6.45, 7) is 2.98. The van der Waals surface area contributed by atoms with Crippen molar-refractivity contribution in [3.8, 4) is 5.75 Å². The summed E-state index contributed by atoms with van der Waals surface area (Å²) in [4.78, 5) is 24.9. The van der Waals surface area contributed by atoms with Gasteiger partial charge >= 0.3 is 5.97 Å². The Bertz CT molecular complexity index is 756. The highest BCUT2D eigenvalue weighted by atomic mass is 16.6. The first-order chi connectivity index (χ1) is 12.0. The molecule has 6 nitrogen and oxygen atoms in total. The molecule has 2 N–H and O–H groups in total. The minimum absolute atomic E-state index is 0.164. The Balaban J connectivity index is 1.63. The van der Waals surface area contributed by atoms with Gasteiger partial charge in [-0.15, -0.1) is 0 Å². The van der Waals surface area contributed by atoms with Crippen molar-refractivity contribution in [3.63, 3.8) is 0 Å². The molecular formula is C19H20N2O4. The van der Waals surface area contributed by atoms with E-state index in [9.17, 15) is 9.59 Å². The van der Waals surface area contributed by atoms with Gasteiger partial charge in [0.15, 0.2) is 6.10 Å². The summed E-state index contributed by atoms with van der Waals surface area (Å²) in [5, 5.41) is 0. The minimum atomic E-state index is -0.478. The maximum Gasteiger partial charge on any atom is 0.326 e. The van der Waals surface area contributed by atoms with E-state index in [1.54, 1.807) is 24.3 Å². The van der Waals surface area contributed by atoms with Gasteiger partial charge in [0.25, 0.3) is 0 Å². The van der Waals surface area contributed by atoms with E-state index in [4.69, 9.17) is 15.2 Å². The summed E-state index contributed by atoms with van der Waals surface area (Å²) in [6.07, 6.45) is -0.363. The van der Waals surface area contributed by atoms with E-state index in [2.05, 4.69) is 0 Å². The number of cyclic esters (lactones) is 1. The van der Waals surface area contributed by atoms with Gasteiger partial charge in [0, 0.05) is 11.3 Å². The predicted molar refractivity (Wildman–Crippen MR) is 93.7 cm³/mol. The van der Waals surface area contributed by atoms with E-state index < -0.39 is 5.91 Å². The van der Waals surface area contributed by atoms with Gasteiger partial charge in [-0.05, 0) is 43.3 Å². The number of aryl methyl sites for hydroxylation is 1. The number of rotatable bonds is 5. The number of nitrogens with zero attached hydrogens (tertiary/aromatic N) is 1. The molecule has 3 rings (SSSR count). The van der Waals surface area contributed by atoms with Crippen LogP contribution in [-0.2, 0) is 9.53 Å². The van der Waals surface area contributed by atoms with Crippen molar-refractivity contribution in [2.45, 2.75) is 13.0 Å². The molecule has 1 atom stereocenters. The molecule has 1 aliphatic heterocycles. The standard InChI is InChI=1S/C19H20N2O4/c1-13-2-8-16(9-3-13)24-12-17-10-21(11-18(22)25-17)15-6-4-14(5-7-15)19(20)23/h2-9,17H,10-12H2,1H3,(H2,20,23). The van der Waals surface area contributed by atoms with Crippen LogP contribution in [0.5, 0.6) is 5.75 Å². The average molecular weight is 340 g/mol. The first kappa shape index (κ1) is 16.8. The third-order valence-corrected chi connectivity index (χ3v) is 4.02. The van der Waals surface area contributed by atoms with E-state index in [1.807, 2.05) is 36.1 Å². The molecule has 2 aromatic rings. The van der Waals surface area contributed by atoms with Crippen molar-refractivity contribution in [1.29, 1.82) is 0 Å². The Kier molecular flexibility index (Phi) is 4.88. The summed E-state index contributed by atoms with van der Waals surface area (Å²) in [6, 6.07) is 14.6. The maximum atomic E-state index is 11.9. The third-order valence-electron chi connectivity index (χ3n) is 4.02.